The van der Waals surface area contributed by atoms with Crippen LogP contribution in [0.2, 0.25) is 0 Å². The third-order valence-electron chi connectivity index (χ3n) is 4.50. The molecule has 1 fully saturated rings. The second-order valence-corrected chi connectivity index (χ2v) is 6.78. The fraction of sp³-hybridized carbons (Fsp3) is 0.556. The minimum Gasteiger partial charge on any atom is -0.371 e. The van der Waals surface area contributed by atoms with Crippen LogP contribution in [0.25, 0.3) is 0 Å². The SMILES string of the molecule is CC1=NN(c2ccc(C(=O)NCC3OCCOC3(C)C)cc2)CC1. The molecule has 6 heteroatoms. The Kier molecular flexibility index (Phi) is 4.87. The van der Waals surface area contributed by atoms with Crippen LogP contribution in [0.4, 0.5) is 5.69 Å². The van der Waals surface area contributed by atoms with Crippen molar-refractivity contribution in [1.29, 1.82) is 0 Å². The maximum absolute atomic E-state index is 12.3. The van der Waals surface area contributed by atoms with Gasteiger partial charge in [-0.3, -0.25) is 9.80 Å². The Morgan fingerprint density at radius 1 is 1.33 bits per heavy atom. The number of nitrogens with zero attached hydrogens (tertiary/aromatic N) is 2. The molecule has 2 aliphatic rings. The van der Waals surface area contributed by atoms with Crippen LogP contribution in [0.15, 0.2) is 29.4 Å². The Balaban J connectivity index is 1.57. The van der Waals surface area contributed by atoms with Crippen molar-refractivity contribution in [3.63, 3.8) is 0 Å². The molecule has 24 heavy (non-hydrogen) atoms. The smallest absolute Gasteiger partial charge is 0.251 e. The number of anilines is 1. The van der Waals surface area contributed by atoms with Crippen molar-refractivity contribution in [3.8, 4) is 0 Å². The van der Waals surface area contributed by atoms with E-state index in [-0.39, 0.29) is 17.6 Å². The van der Waals surface area contributed by atoms with Gasteiger partial charge >= 0.3 is 0 Å². The predicted molar refractivity (Wildman–Crippen MR) is 93.6 cm³/mol. The van der Waals surface area contributed by atoms with Crippen molar-refractivity contribution in [2.45, 2.75) is 38.9 Å². The van der Waals surface area contributed by atoms with E-state index >= 15 is 0 Å². The van der Waals surface area contributed by atoms with Gasteiger partial charge in [-0.25, -0.2) is 0 Å². The predicted octanol–water partition coefficient (Wildman–Crippen LogP) is 2.20. The lowest BCUT2D eigenvalue weighted by molar-refractivity contribution is -0.183. The quantitative estimate of drug-likeness (QED) is 0.919. The van der Waals surface area contributed by atoms with E-state index in [0.717, 1.165) is 24.4 Å². The van der Waals surface area contributed by atoms with Gasteiger partial charge in [0.2, 0.25) is 0 Å². The molecule has 0 spiro atoms. The lowest BCUT2D eigenvalue weighted by atomic mass is 10.00. The van der Waals surface area contributed by atoms with Crippen LogP contribution < -0.4 is 10.3 Å². The van der Waals surface area contributed by atoms with Gasteiger partial charge < -0.3 is 14.8 Å². The van der Waals surface area contributed by atoms with E-state index in [1.54, 1.807) is 0 Å². The summed E-state index contributed by atoms with van der Waals surface area (Å²) < 4.78 is 11.4. The highest BCUT2D eigenvalue weighted by Crippen LogP contribution is 2.22. The number of nitrogens with one attached hydrogen (secondary N) is 1. The van der Waals surface area contributed by atoms with Crippen LogP contribution in [-0.4, -0.2) is 49.6 Å². The highest BCUT2D eigenvalue weighted by Gasteiger charge is 2.34. The van der Waals surface area contributed by atoms with E-state index in [2.05, 4.69) is 10.4 Å². The maximum atomic E-state index is 12.3. The Morgan fingerprint density at radius 2 is 2.08 bits per heavy atom. The van der Waals surface area contributed by atoms with Crippen molar-refractivity contribution in [3.05, 3.63) is 29.8 Å². The summed E-state index contributed by atoms with van der Waals surface area (Å²) in [6.07, 6.45) is 0.845. The van der Waals surface area contributed by atoms with Gasteiger partial charge in [0.05, 0.1) is 24.5 Å². The lowest BCUT2D eigenvalue weighted by Gasteiger charge is -2.38. The topological polar surface area (TPSA) is 63.2 Å². The highest BCUT2D eigenvalue weighted by atomic mass is 16.6. The van der Waals surface area contributed by atoms with Gasteiger partial charge in [0, 0.05) is 30.8 Å². The molecule has 1 unspecified atom stereocenters. The third kappa shape index (κ3) is 3.76. The Hall–Kier alpha value is -1.92. The summed E-state index contributed by atoms with van der Waals surface area (Å²) in [7, 11) is 0. The van der Waals surface area contributed by atoms with Crippen LogP contribution in [0.5, 0.6) is 0 Å². The molecule has 3 rings (SSSR count). The minimum atomic E-state index is -0.388. The van der Waals surface area contributed by atoms with Crippen LogP contribution in [-0.2, 0) is 9.47 Å². The number of rotatable bonds is 4. The third-order valence-corrected chi connectivity index (χ3v) is 4.50. The average Bonchev–Trinajstić information content (AvgIpc) is 3.00. The Morgan fingerprint density at radius 3 is 2.71 bits per heavy atom. The second kappa shape index (κ2) is 6.91. The number of benzene rings is 1. The molecule has 0 saturated carbocycles. The number of carbonyl (C=O) groups is 1. The van der Waals surface area contributed by atoms with Crippen LogP contribution in [0, 0.1) is 0 Å². The monoisotopic (exact) mass is 331 g/mol. The van der Waals surface area contributed by atoms with Crippen LogP contribution >= 0.6 is 0 Å². The van der Waals surface area contributed by atoms with Gasteiger partial charge in [-0.2, -0.15) is 5.10 Å². The normalized spacial score (nSPS) is 23.0. The summed E-state index contributed by atoms with van der Waals surface area (Å²) in [6.45, 7) is 8.48. The van der Waals surface area contributed by atoms with Crippen molar-refractivity contribution in [2.75, 3.05) is 31.3 Å². The first-order valence-electron chi connectivity index (χ1n) is 8.41. The van der Waals surface area contributed by atoms with Crippen LogP contribution in [0.3, 0.4) is 0 Å². The zero-order valence-corrected chi connectivity index (χ0v) is 14.5. The molecular formula is C18H25N3O3. The molecule has 1 aromatic rings. The molecule has 1 saturated heterocycles. The van der Waals surface area contributed by atoms with Gasteiger partial charge in [-0.15, -0.1) is 0 Å². The first-order chi connectivity index (χ1) is 11.5. The van der Waals surface area contributed by atoms with Gasteiger partial charge in [0.25, 0.3) is 5.91 Å². The fourth-order valence-corrected chi connectivity index (χ4v) is 2.93. The molecular weight excluding hydrogens is 306 g/mol. The largest absolute Gasteiger partial charge is 0.371 e. The summed E-state index contributed by atoms with van der Waals surface area (Å²) in [6, 6.07) is 7.52. The summed E-state index contributed by atoms with van der Waals surface area (Å²) >= 11 is 0. The number of hydrogen-bond donors (Lipinski definition) is 1. The first-order valence-corrected chi connectivity index (χ1v) is 8.41. The van der Waals surface area contributed by atoms with E-state index in [1.165, 1.54) is 0 Å². The van der Waals surface area contributed by atoms with E-state index < -0.39 is 0 Å². The Bertz CT molecular complexity index is 625. The molecule has 0 radical (unpaired) electrons. The molecule has 0 bridgehead atoms. The molecule has 130 valence electrons. The average molecular weight is 331 g/mol. The summed E-state index contributed by atoms with van der Waals surface area (Å²) in [4.78, 5) is 12.3. The maximum Gasteiger partial charge on any atom is 0.251 e. The van der Waals surface area contributed by atoms with Gasteiger partial charge in [0.1, 0.15) is 6.10 Å². The van der Waals surface area contributed by atoms with Gasteiger partial charge in [0.15, 0.2) is 0 Å². The number of amides is 1. The van der Waals surface area contributed by atoms with Crippen LogP contribution in [0.1, 0.15) is 37.6 Å². The van der Waals surface area contributed by atoms with E-state index in [0.29, 0.717) is 25.3 Å². The zero-order valence-electron chi connectivity index (χ0n) is 14.5. The summed E-state index contributed by atoms with van der Waals surface area (Å²) in [5.74, 6) is -0.104. The number of carbonyl (C=O) groups excluding carboxylic acids is 1. The fourth-order valence-electron chi connectivity index (χ4n) is 2.93. The molecule has 0 aliphatic carbocycles. The van der Waals surface area contributed by atoms with Crippen molar-refractivity contribution < 1.29 is 14.3 Å². The zero-order chi connectivity index (χ0) is 17.2. The van der Waals surface area contributed by atoms with Crippen molar-refractivity contribution in [1.82, 2.24) is 5.32 Å². The molecule has 1 amide bonds. The molecule has 1 N–H and O–H groups in total. The van der Waals surface area contributed by atoms with Crippen molar-refractivity contribution in [2.24, 2.45) is 5.10 Å². The van der Waals surface area contributed by atoms with E-state index in [1.807, 2.05) is 50.0 Å². The minimum absolute atomic E-state index is 0.104. The van der Waals surface area contributed by atoms with Gasteiger partial charge in [-0.1, -0.05) is 0 Å². The van der Waals surface area contributed by atoms with Gasteiger partial charge in [-0.05, 0) is 45.0 Å². The van der Waals surface area contributed by atoms with E-state index in [4.69, 9.17) is 9.47 Å². The summed E-state index contributed by atoms with van der Waals surface area (Å²) in [5, 5.41) is 9.37. The Labute approximate surface area is 142 Å². The molecule has 0 aromatic heterocycles. The molecule has 2 aliphatic heterocycles. The standard InChI is InChI=1S/C18H25N3O3/c1-13-8-9-21(20-13)15-6-4-14(5-7-15)17(22)19-12-16-18(2,3)24-11-10-23-16/h4-7,16H,8-12H2,1-3H3,(H,19,22). The molecule has 6 nitrogen and oxygen atoms in total. The number of hydrogen-bond acceptors (Lipinski definition) is 5. The number of ether oxygens (including phenoxy) is 2. The molecule has 1 atom stereocenters. The first kappa shape index (κ1) is 16.9. The summed E-state index contributed by atoms with van der Waals surface area (Å²) in [5.41, 5.74) is 2.39. The number of hydrazone groups is 1. The molecule has 1 aromatic carbocycles. The van der Waals surface area contributed by atoms with Crippen molar-refractivity contribution >= 4 is 17.3 Å². The second-order valence-electron chi connectivity index (χ2n) is 6.78. The lowest BCUT2D eigenvalue weighted by Crippen LogP contribution is -2.52. The highest BCUT2D eigenvalue weighted by molar-refractivity contribution is 5.94. The van der Waals surface area contributed by atoms with E-state index in [9.17, 15) is 4.79 Å². The molecule has 2 heterocycles.